The number of rotatable bonds is 8. The van der Waals surface area contributed by atoms with Crippen LogP contribution in [0.15, 0.2) is 0 Å². The summed E-state index contributed by atoms with van der Waals surface area (Å²) in [5.74, 6) is 1.35. The molecule has 3 nitrogen and oxygen atoms in total. The van der Waals surface area contributed by atoms with Gasteiger partial charge in [-0.2, -0.15) is 0 Å². The molecule has 0 aromatic rings. The van der Waals surface area contributed by atoms with Crippen LogP contribution in [0.3, 0.4) is 0 Å². The lowest BCUT2D eigenvalue weighted by Gasteiger charge is -2.19. The summed E-state index contributed by atoms with van der Waals surface area (Å²) < 4.78 is 10.9. The molecule has 0 saturated carbocycles. The Bertz CT molecular complexity index is 167. The van der Waals surface area contributed by atoms with E-state index in [9.17, 15) is 0 Å². The molecule has 0 aromatic heterocycles. The monoisotopic (exact) mass is 229 g/mol. The molecule has 0 aromatic carbocycles. The lowest BCUT2D eigenvalue weighted by Crippen LogP contribution is -2.34. The molecule has 0 aliphatic carbocycles. The van der Waals surface area contributed by atoms with Crippen molar-refractivity contribution in [3.05, 3.63) is 0 Å². The van der Waals surface area contributed by atoms with Gasteiger partial charge in [-0.25, -0.2) is 0 Å². The van der Waals surface area contributed by atoms with E-state index in [0.29, 0.717) is 17.9 Å². The van der Waals surface area contributed by atoms with Crippen LogP contribution >= 0.6 is 0 Å². The molecule has 0 spiro atoms. The number of nitrogens with one attached hydrogen (secondary N) is 1. The Morgan fingerprint density at radius 2 is 2.19 bits per heavy atom. The lowest BCUT2D eigenvalue weighted by atomic mass is 10.0. The van der Waals surface area contributed by atoms with Crippen LogP contribution in [0, 0.1) is 11.8 Å². The molecule has 2 atom stereocenters. The third kappa shape index (κ3) is 5.83. The van der Waals surface area contributed by atoms with Gasteiger partial charge in [0.1, 0.15) is 0 Å². The van der Waals surface area contributed by atoms with E-state index in [0.717, 1.165) is 39.4 Å². The summed E-state index contributed by atoms with van der Waals surface area (Å²) in [5.41, 5.74) is 0. The average Bonchev–Trinajstić information content (AvgIpc) is 2.75. The molecule has 0 amide bonds. The first-order valence-corrected chi connectivity index (χ1v) is 6.59. The zero-order chi connectivity index (χ0) is 11.8. The van der Waals surface area contributed by atoms with E-state index >= 15 is 0 Å². The molecular weight excluding hydrogens is 202 g/mol. The van der Waals surface area contributed by atoms with Crippen LogP contribution in [0.4, 0.5) is 0 Å². The van der Waals surface area contributed by atoms with Gasteiger partial charge in [0.15, 0.2) is 0 Å². The Labute approximate surface area is 99.9 Å². The molecule has 96 valence electrons. The van der Waals surface area contributed by atoms with Crippen LogP contribution in [0.2, 0.25) is 0 Å². The number of hydrogen-bond donors (Lipinski definition) is 1. The van der Waals surface area contributed by atoms with Gasteiger partial charge >= 0.3 is 0 Å². The molecule has 1 aliphatic heterocycles. The molecule has 1 rings (SSSR count). The summed E-state index contributed by atoms with van der Waals surface area (Å²) in [6.45, 7) is 11.3. The largest absolute Gasteiger partial charge is 0.381 e. The van der Waals surface area contributed by atoms with Gasteiger partial charge < -0.3 is 14.8 Å². The molecule has 0 radical (unpaired) electrons. The number of ether oxygens (including phenoxy) is 2. The van der Waals surface area contributed by atoms with Crippen molar-refractivity contribution < 1.29 is 9.47 Å². The Hall–Kier alpha value is -0.120. The predicted octanol–water partition coefficient (Wildman–Crippen LogP) is 2.06. The summed E-state index contributed by atoms with van der Waals surface area (Å²) in [6, 6.07) is 0.576. The molecule has 0 bridgehead atoms. The highest BCUT2D eigenvalue weighted by molar-refractivity contribution is 4.75. The maximum absolute atomic E-state index is 5.54. The van der Waals surface area contributed by atoms with Gasteiger partial charge in [-0.3, -0.25) is 0 Å². The normalized spacial score (nSPS) is 22.9. The minimum atomic E-state index is 0.576. The lowest BCUT2D eigenvalue weighted by molar-refractivity contribution is 0.107. The summed E-state index contributed by atoms with van der Waals surface area (Å²) in [5, 5.41) is 3.55. The van der Waals surface area contributed by atoms with E-state index in [1.165, 1.54) is 6.42 Å². The maximum atomic E-state index is 5.54. The van der Waals surface area contributed by atoms with Gasteiger partial charge in [0.2, 0.25) is 0 Å². The Balaban J connectivity index is 1.90. The minimum Gasteiger partial charge on any atom is -0.381 e. The van der Waals surface area contributed by atoms with Gasteiger partial charge in [-0.15, -0.1) is 0 Å². The van der Waals surface area contributed by atoms with Crippen LogP contribution in [0.5, 0.6) is 0 Å². The van der Waals surface area contributed by atoms with Gasteiger partial charge in [-0.1, -0.05) is 13.8 Å². The summed E-state index contributed by atoms with van der Waals surface area (Å²) in [4.78, 5) is 0. The van der Waals surface area contributed by atoms with Gasteiger partial charge in [0.05, 0.1) is 6.61 Å². The fourth-order valence-corrected chi connectivity index (χ4v) is 1.94. The molecule has 1 saturated heterocycles. The quantitative estimate of drug-likeness (QED) is 0.646. The van der Waals surface area contributed by atoms with Crippen molar-refractivity contribution in [2.24, 2.45) is 11.8 Å². The Morgan fingerprint density at radius 1 is 1.38 bits per heavy atom. The van der Waals surface area contributed by atoms with E-state index < -0.39 is 0 Å². The second-order valence-electron chi connectivity index (χ2n) is 5.19. The fraction of sp³-hybridized carbons (Fsp3) is 1.00. The highest BCUT2D eigenvalue weighted by atomic mass is 16.5. The number of hydrogen-bond acceptors (Lipinski definition) is 3. The molecular formula is C13H27NO2. The molecule has 1 fully saturated rings. The first-order chi connectivity index (χ1) is 7.70. The highest BCUT2D eigenvalue weighted by Gasteiger charge is 2.21. The third-order valence-electron chi connectivity index (χ3n) is 3.05. The predicted molar refractivity (Wildman–Crippen MR) is 66.7 cm³/mol. The Kier molecular flexibility index (Phi) is 7.01. The van der Waals surface area contributed by atoms with Crippen molar-refractivity contribution in [2.45, 2.75) is 39.7 Å². The van der Waals surface area contributed by atoms with E-state index in [1.54, 1.807) is 0 Å². The Morgan fingerprint density at radius 3 is 2.81 bits per heavy atom. The highest BCUT2D eigenvalue weighted by Crippen LogP contribution is 2.16. The second kappa shape index (κ2) is 8.04. The summed E-state index contributed by atoms with van der Waals surface area (Å²) in [6.07, 6.45) is 2.31. The standard InChI is InChI=1S/C13H27NO2/c1-11(2)9-15-7-4-6-14-12(3)13-5-8-16-10-13/h11-14H,4-10H2,1-3H3. The zero-order valence-electron chi connectivity index (χ0n) is 11.0. The van der Waals surface area contributed by atoms with Crippen LogP contribution < -0.4 is 5.32 Å². The van der Waals surface area contributed by atoms with Gasteiger partial charge in [-0.05, 0) is 38.1 Å². The average molecular weight is 229 g/mol. The SMILES string of the molecule is CC(C)COCCCNC(C)C1CCOC1. The molecule has 1 N–H and O–H groups in total. The maximum Gasteiger partial charge on any atom is 0.0509 e. The van der Waals surface area contributed by atoms with E-state index in [1.807, 2.05) is 0 Å². The van der Waals surface area contributed by atoms with E-state index in [-0.39, 0.29) is 0 Å². The van der Waals surface area contributed by atoms with Crippen molar-refractivity contribution in [1.82, 2.24) is 5.32 Å². The first-order valence-electron chi connectivity index (χ1n) is 6.59. The topological polar surface area (TPSA) is 30.5 Å². The fourth-order valence-electron chi connectivity index (χ4n) is 1.94. The van der Waals surface area contributed by atoms with Crippen molar-refractivity contribution in [3.63, 3.8) is 0 Å². The second-order valence-corrected chi connectivity index (χ2v) is 5.19. The smallest absolute Gasteiger partial charge is 0.0509 e. The van der Waals surface area contributed by atoms with Crippen molar-refractivity contribution in [3.8, 4) is 0 Å². The molecule has 2 unspecified atom stereocenters. The molecule has 1 heterocycles. The zero-order valence-corrected chi connectivity index (χ0v) is 11.0. The molecule has 1 aliphatic rings. The van der Waals surface area contributed by atoms with Crippen LogP contribution in [0.1, 0.15) is 33.6 Å². The first kappa shape index (κ1) is 13.9. The van der Waals surface area contributed by atoms with Crippen LogP contribution in [-0.4, -0.2) is 39.0 Å². The summed E-state index contributed by atoms with van der Waals surface area (Å²) >= 11 is 0. The van der Waals surface area contributed by atoms with Gasteiger partial charge in [0.25, 0.3) is 0 Å². The van der Waals surface area contributed by atoms with E-state index in [2.05, 4.69) is 26.1 Å². The van der Waals surface area contributed by atoms with Crippen molar-refractivity contribution in [1.29, 1.82) is 0 Å². The van der Waals surface area contributed by atoms with Crippen LogP contribution in [-0.2, 0) is 9.47 Å². The van der Waals surface area contributed by atoms with E-state index in [4.69, 9.17) is 9.47 Å². The van der Waals surface area contributed by atoms with Crippen molar-refractivity contribution >= 4 is 0 Å². The van der Waals surface area contributed by atoms with Crippen LogP contribution in [0.25, 0.3) is 0 Å². The van der Waals surface area contributed by atoms with Gasteiger partial charge in [0, 0.05) is 25.9 Å². The molecule has 3 heteroatoms. The molecule has 16 heavy (non-hydrogen) atoms. The third-order valence-corrected chi connectivity index (χ3v) is 3.05. The minimum absolute atomic E-state index is 0.576. The summed E-state index contributed by atoms with van der Waals surface area (Å²) in [7, 11) is 0. The van der Waals surface area contributed by atoms with Crippen molar-refractivity contribution in [2.75, 3.05) is 33.0 Å².